The average Bonchev–Trinajstić information content (AvgIpc) is 3.39. The van der Waals surface area contributed by atoms with Gasteiger partial charge in [0.2, 0.25) is 5.82 Å². The van der Waals surface area contributed by atoms with Crippen molar-refractivity contribution >= 4 is 17.6 Å². The number of methoxy groups -OCH3 is 1. The van der Waals surface area contributed by atoms with Crippen LogP contribution in [0.4, 0.5) is 0 Å². The first-order chi connectivity index (χ1) is 18.3. The summed E-state index contributed by atoms with van der Waals surface area (Å²) in [6.45, 7) is 7.57. The molecule has 0 bridgehead atoms. The minimum absolute atomic E-state index is 0.217. The third kappa shape index (κ3) is 6.99. The second-order valence-electron chi connectivity index (χ2n) is 10.4. The summed E-state index contributed by atoms with van der Waals surface area (Å²) in [5.74, 6) is 0.692. The molecule has 2 heterocycles. The van der Waals surface area contributed by atoms with Crippen molar-refractivity contribution in [2.75, 3.05) is 40.0 Å². The molecule has 1 N–H and O–H groups in total. The zero-order valence-electron chi connectivity index (χ0n) is 22.3. The summed E-state index contributed by atoms with van der Waals surface area (Å²) in [6, 6.07) is 13.9. The van der Waals surface area contributed by atoms with Crippen LogP contribution in [0.3, 0.4) is 0 Å². The molecule has 8 nitrogen and oxygen atoms in total. The van der Waals surface area contributed by atoms with Gasteiger partial charge in [-0.05, 0) is 61.5 Å². The molecule has 0 unspecified atom stereocenters. The molecule has 0 spiro atoms. The topological polar surface area (TPSA) is 97.9 Å². The number of aromatic nitrogens is 2. The number of rotatable bonds is 12. The highest BCUT2D eigenvalue weighted by molar-refractivity contribution is 6.31. The number of carboxylic acid groups (broad SMARTS) is 1. The Labute approximate surface area is 228 Å². The zero-order chi connectivity index (χ0) is 27.1. The molecule has 2 aromatic carbocycles. The maximum atomic E-state index is 12.0. The van der Waals surface area contributed by atoms with Gasteiger partial charge in [-0.15, -0.1) is 0 Å². The summed E-state index contributed by atoms with van der Waals surface area (Å²) in [5, 5.41) is 14.7. The molecular formula is C29H36ClN3O5. The normalized spacial score (nSPS) is 15.7. The molecule has 1 fully saturated rings. The van der Waals surface area contributed by atoms with E-state index in [0.717, 1.165) is 35.2 Å². The van der Waals surface area contributed by atoms with E-state index in [2.05, 4.69) is 41.0 Å². The average molecular weight is 542 g/mol. The zero-order valence-corrected chi connectivity index (χ0v) is 23.0. The van der Waals surface area contributed by atoms with Gasteiger partial charge < -0.3 is 19.1 Å². The maximum Gasteiger partial charge on any atom is 0.312 e. The van der Waals surface area contributed by atoms with Gasteiger partial charge in [-0.25, -0.2) is 0 Å². The van der Waals surface area contributed by atoms with Crippen molar-refractivity contribution in [3.63, 3.8) is 0 Å². The molecule has 9 heteroatoms. The first-order valence-electron chi connectivity index (χ1n) is 13.0. The van der Waals surface area contributed by atoms with E-state index in [9.17, 15) is 9.90 Å². The van der Waals surface area contributed by atoms with Crippen molar-refractivity contribution in [3.8, 4) is 22.8 Å². The van der Waals surface area contributed by atoms with Gasteiger partial charge in [0, 0.05) is 29.8 Å². The van der Waals surface area contributed by atoms with Crippen LogP contribution < -0.4 is 0 Å². The number of carboxylic acids is 1. The molecule has 1 aromatic heterocycles. The minimum atomic E-state index is -0.830. The van der Waals surface area contributed by atoms with E-state index in [1.807, 2.05) is 30.3 Å². The lowest BCUT2D eigenvalue weighted by Gasteiger charge is -2.38. The van der Waals surface area contributed by atoms with Crippen LogP contribution in [-0.4, -0.2) is 66.1 Å². The summed E-state index contributed by atoms with van der Waals surface area (Å²) >= 11 is 6.48. The molecule has 0 amide bonds. The van der Waals surface area contributed by atoms with Crippen LogP contribution in [0.15, 0.2) is 47.0 Å². The van der Waals surface area contributed by atoms with Crippen LogP contribution in [0.25, 0.3) is 22.8 Å². The Bertz CT molecular complexity index is 1200. The summed E-state index contributed by atoms with van der Waals surface area (Å²) in [6.07, 6.45) is 2.03. The molecule has 204 valence electrons. The van der Waals surface area contributed by atoms with E-state index >= 15 is 0 Å². The van der Waals surface area contributed by atoms with E-state index in [-0.39, 0.29) is 6.61 Å². The number of ether oxygens (including phenoxy) is 2. The maximum absolute atomic E-state index is 12.0. The monoisotopic (exact) mass is 541 g/mol. The molecule has 38 heavy (non-hydrogen) atoms. The predicted molar refractivity (Wildman–Crippen MR) is 146 cm³/mol. The summed E-state index contributed by atoms with van der Waals surface area (Å²) in [4.78, 5) is 18.8. The van der Waals surface area contributed by atoms with E-state index in [1.165, 1.54) is 0 Å². The molecule has 0 aliphatic carbocycles. The molecule has 0 saturated carbocycles. The van der Waals surface area contributed by atoms with Crippen LogP contribution in [0.1, 0.15) is 37.8 Å². The first kappa shape index (κ1) is 28.2. The summed E-state index contributed by atoms with van der Waals surface area (Å²) < 4.78 is 16.1. The Morgan fingerprint density at radius 1 is 1.13 bits per heavy atom. The smallest absolute Gasteiger partial charge is 0.312 e. The Morgan fingerprint density at radius 2 is 1.84 bits per heavy atom. The molecule has 1 aliphatic heterocycles. The van der Waals surface area contributed by atoms with Crippen molar-refractivity contribution in [1.29, 1.82) is 0 Å². The van der Waals surface area contributed by atoms with Gasteiger partial charge in [-0.3, -0.25) is 9.69 Å². The lowest BCUT2D eigenvalue weighted by Crippen LogP contribution is -2.46. The van der Waals surface area contributed by atoms with Crippen molar-refractivity contribution in [1.82, 2.24) is 15.0 Å². The van der Waals surface area contributed by atoms with Crippen LogP contribution in [0.2, 0.25) is 5.02 Å². The summed E-state index contributed by atoms with van der Waals surface area (Å²) in [7, 11) is 1.60. The Morgan fingerprint density at radius 3 is 2.47 bits per heavy atom. The lowest BCUT2D eigenvalue weighted by molar-refractivity contribution is -0.157. The number of halogens is 1. The highest BCUT2D eigenvalue weighted by atomic mass is 35.5. The van der Waals surface area contributed by atoms with Gasteiger partial charge in [-0.2, -0.15) is 4.98 Å². The Kier molecular flexibility index (Phi) is 9.54. The number of benzene rings is 2. The van der Waals surface area contributed by atoms with E-state index in [4.69, 9.17) is 25.6 Å². The van der Waals surface area contributed by atoms with Crippen molar-refractivity contribution in [2.24, 2.45) is 11.3 Å². The number of piperidine rings is 1. The summed E-state index contributed by atoms with van der Waals surface area (Å²) in [5.41, 5.74) is 3.08. The highest BCUT2D eigenvalue weighted by Gasteiger charge is 2.41. The standard InChI is InChI=1S/C29H36ClN3O5/c1-20(2)16-23-8-9-24(17-25(23)30)27-31-26(32-38-27)22-6-4-21(5-7-22)18-33-12-10-29(11-13-33,28(34)35)19-37-15-14-36-3/h4-9,17,20H,10-16,18-19H2,1-3H3,(H,34,35). The first-order valence-corrected chi connectivity index (χ1v) is 13.4. The fourth-order valence-electron chi connectivity index (χ4n) is 4.73. The Hall–Kier alpha value is -2.78. The molecule has 0 atom stereocenters. The van der Waals surface area contributed by atoms with Crippen molar-refractivity contribution < 1.29 is 23.9 Å². The quantitative estimate of drug-likeness (QED) is 0.296. The van der Waals surface area contributed by atoms with Gasteiger partial charge in [0.1, 0.15) is 0 Å². The van der Waals surface area contributed by atoms with Crippen molar-refractivity contribution in [3.05, 3.63) is 58.6 Å². The molecule has 1 aliphatic rings. The van der Waals surface area contributed by atoms with E-state index in [0.29, 0.717) is 61.8 Å². The molecule has 3 aromatic rings. The van der Waals surface area contributed by atoms with Gasteiger partial charge in [0.15, 0.2) is 0 Å². The molecule has 0 radical (unpaired) electrons. The van der Waals surface area contributed by atoms with Crippen LogP contribution in [-0.2, 0) is 27.2 Å². The largest absolute Gasteiger partial charge is 0.481 e. The molecular weight excluding hydrogens is 506 g/mol. The van der Waals surface area contributed by atoms with Crippen LogP contribution in [0, 0.1) is 11.3 Å². The molecule has 1 saturated heterocycles. The van der Waals surface area contributed by atoms with Gasteiger partial charge in [-0.1, -0.05) is 60.9 Å². The van der Waals surface area contributed by atoms with E-state index in [1.54, 1.807) is 7.11 Å². The fourth-order valence-corrected chi connectivity index (χ4v) is 4.99. The SMILES string of the molecule is COCCOCC1(C(=O)O)CCN(Cc2ccc(-c3noc(-c4ccc(CC(C)C)c(Cl)c4)n3)cc2)CC1. The third-order valence-electron chi connectivity index (χ3n) is 7.05. The molecule has 4 rings (SSSR count). The van der Waals surface area contributed by atoms with Crippen LogP contribution in [0.5, 0.6) is 0 Å². The third-order valence-corrected chi connectivity index (χ3v) is 7.40. The number of carbonyl (C=O) groups is 1. The van der Waals surface area contributed by atoms with Gasteiger partial charge in [0.05, 0.1) is 25.2 Å². The fraction of sp³-hybridized carbons (Fsp3) is 0.483. The lowest BCUT2D eigenvalue weighted by atomic mass is 9.79. The Balaban J connectivity index is 1.34. The van der Waals surface area contributed by atoms with Gasteiger partial charge >= 0.3 is 5.97 Å². The second kappa shape index (κ2) is 12.8. The second-order valence-corrected chi connectivity index (χ2v) is 10.8. The minimum Gasteiger partial charge on any atom is -0.481 e. The van der Waals surface area contributed by atoms with Gasteiger partial charge in [0.25, 0.3) is 5.89 Å². The number of hydrogen-bond donors (Lipinski definition) is 1. The highest BCUT2D eigenvalue weighted by Crippen LogP contribution is 2.33. The van der Waals surface area contributed by atoms with Crippen LogP contribution >= 0.6 is 11.6 Å². The van der Waals surface area contributed by atoms with E-state index < -0.39 is 11.4 Å². The predicted octanol–water partition coefficient (Wildman–Crippen LogP) is 5.59. The van der Waals surface area contributed by atoms with Crippen molar-refractivity contribution in [2.45, 2.75) is 39.7 Å². The number of nitrogens with zero attached hydrogens (tertiary/aromatic N) is 3. The number of aliphatic carboxylic acids is 1. The number of hydrogen-bond acceptors (Lipinski definition) is 7. The number of likely N-dealkylation sites (tertiary alicyclic amines) is 1.